The van der Waals surface area contributed by atoms with E-state index >= 15 is 0 Å². The summed E-state index contributed by atoms with van der Waals surface area (Å²) in [6.45, 7) is 4.48. The zero-order chi connectivity index (χ0) is 12.8. The van der Waals surface area contributed by atoms with Gasteiger partial charge in [0.2, 0.25) is 5.91 Å². The van der Waals surface area contributed by atoms with E-state index in [9.17, 15) is 4.79 Å². The maximum Gasteiger partial charge on any atom is 0.224 e. The SMILES string of the molecule is COCC(C)CC(=O)Nc1c(C)cccc1N. The Balaban J connectivity index is 2.62. The summed E-state index contributed by atoms with van der Waals surface area (Å²) in [6.07, 6.45) is 0.432. The molecule has 0 saturated carbocycles. The Kier molecular flexibility index (Phi) is 4.97. The van der Waals surface area contributed by atoms with Gasteiger partial charge in [-0.3, -0.25) is 4.79 Å². The molecular weight excluding hydrogens is 216 g/mol. The Morgan fingerprint density at radius 3 is 2.82 bits per heavy atom. The van der Waals surface area contributed by atoms with Crippen molar-refractivity contribution in [1.29, 1.82) is 0 Å². The molecule has 1 amide bonds. The third kappa shape index (κ3) is 4.07. The molecule has 0 radical (unpaired) electrons. The van der Waals surface area contributed by atoms with Crippen molar-refractivity contribution >= 4 is 17.3 Å². The van der Waals surface area contributed by atoms with Crippen LogP contribution >= 0.6 is 0 Å². The number of methoxy groups -OCH3 is 1. The number of nitrogens with one attached hydrogen (secondary N) is 1. The number of carbonyl (C=O) groups excluding carboxylic acids is 1. The average molecular weight is 236 g/mol. The van der Waals surface area contributed by atoms with Crippen LogP contribution in [0.25, 0.3) is 0 Å². The largest absolute Gasteiger partial charge is 0.397 e. The number of anilines is 2. The van der Waals surface area contributed by atoms with Gasteiger partial charge in [-0.25, -0.2) is 0 Å². The summed E-state index contributed by atoms with van der Waals surface area (Å²) in [5.41, 5.74) is 8.10. The lowest BCUT2D eigenvalue weighted by molar-refractivity contribution is -0.117. The number of ether oxygens (including phenoxy) is 1. The van der Waals surface area contributed by atoms with Crippen LogP contribution < -0.4 is 11.1 Å². The van der Waals surface area contributed by atoms with Crippen molar-refractivity contribution in [3.63, 3.8) is 0 Å². The second kappa shape index (κ2) is 6.25. The molecule has 4 heteroatoms. The van der Waals surface area contributed by atoms with Gasteiger partial charge in [0.25, 0.3) is 0 Å². The maximum atomic E-state index is 11.8. The first-order chi connectivity index (χ1) is 8.04. The molecule has 1 rings (SSSR count). The number of amides is 1. The number of benzene rings is 1. The van der Waals surface area contributed by atoms with Gasteiger partial charge in [0, 0.05) is 20.1 Å². The minimum absolute atomic E-state index is 0.0319. The molecule has 1 aromatic carbocycles. The first-order valence-corrected chi connectivity index (χ1v) is 5.68. The summed E-state index contributed by atoms with van der Waals surface area (Å²) >= 11 is 0. The molecule has 0 aromatic heterocycles. The standard InChI is InChI=1S/C13H20N2O2/c1-9(8-17-3)7-12(16)15-13-10(2)5-4-6-11(13)14/h4-6,9H,7-8,14H2,1-3H3,(H,15,16). The van der Waals surface area contributed by atoms with E-state index in [0.29, 0.717) is 24.4 Å². The maximum absolute atomic E-state index is 11.8. The lowest BCUT2D eigenvalue weighted by Crippen LogP contribution is -2.18. The number of rotatable bonds is 5. The van der Waals surface area contributed by atoms with Gasteiger partial charge in [0.05, 0.1) is 11.4 Å². The molecule has 1 unspecified atom stereocenters. The molecule has 0 aliphatic carbocycles. The zero-order valence-corrected chi connectivity index (χ0v) is 10.6. The summed E-state index contributed by atoms with van der Waals surface area (Å²) in [5, 5.41) is 2.85. The Hall–Kier alpha value is -1.55. The molecule has 3 N–H and O–H groups in total. The van der Waals surface area contributed by atoms with E-state index in [-0.39, 0.29) is 11.8 Å². The third-order valence-corrected chi connectivity index (χ3v) is 2.55. The van der Waals surface area contributed by atoms with Gasteiger partial charge >= 0.3 is 0 Å². The highest BCUT2D eigenvalue weighted by Crippen LogP contribution is 2.22. The molecule has 0 bridgehead atoms. The van der Waals surface area contributed by atoms with Gasteiger partial charge in [0.15, 0.2) is 0 Å². The van der Waals surface area contributed by atoms with Crippen LogP contribution in [-0.2, 0) is 9.53 Å². The number of para-hydroxylation sites is 1. The molecule has 0 saturated heterocycles. The van der Waals surface area contributed by atoms with Crippen molar-refractivity contribution in [2.24, 2.45) is 5.92 Å². The molecule has 0 aliphatic heterocycles. The number of nitrogen functional groups attached to an aromatic ring is 1. The molecular formula is C13H20N2O2. The van der Waals surface area contributed by atoms with E-state index in [4.69, 9.17) is 10.5 Å². The van der Waals surface area contributed by atoms with Crippen molar-refractivity contribution in [3.8, 4) is 0 Å². The lowest BCUT2D eigenvalue weighted by atomic mass is 10.1. The van der Waals surface area contributed by atoms with Gasteiger partial charge in [0.1, 0.15) is 0 Å². The minimum Gasteiger partial charge on any atom is -0.397 e. The van der Waals surface area contributed by atoms with E-state index in [0.717, 1.165) is 5.56 Å². The minimum atomic E-state index is -0.0319. The third-order valence-electron chi connectivity index (χ3n) is 2.55. The number of carbonyl (C=O) groups is 1. The van der Waals surface area contributed by atoms with Crippen molar-refractivity contribution in [2.45, 2.75) is 20.3 Å². The quantitative estimate of drug-likeness (QED) is 0.770. The fourth-order valence-corrected chi connectivity index (χ4v) is 1.71. The summed E-state index contributed by atoms with van der Waals surface area (Å²) in [6, 6.07) is 5.57. The average Bonchev–Trinajstić information content (AvgIpc) is 2.24. The van der Waals surface area contributed by atoms with E-state index in [1.165, 1.54) is 0 Å². The van der Waals surface area contributed by atoms with Crippen LogP contribution in [0, 0.1) is 12.8 Å². The molecule has 0 spiro atoms. The Bertz CT molecular complexity index is 371. The van der Waals surface area contributed by atoms with Crippen molar-refractivity contribution in [1.82, 2.24) is 0 Å². The van der Waals surface area contributed by atoms with Crippen LogP contribution in [-0.4, -0.2) is 19.6 Å². The highest BCUT2D eigenvalue weighted by Gasteiger charge is 2.11. The van der Waals surface area contributed by atoms with Crippen LogP contribution in [0.3, 0.4) is 0 Å². The monoisotopic (exact) mass is 236 g/mol. The van der Waals surface area contributed by atoms with Crippen molar-refractivity contribution in [3.05, 3.63) is 23.8 Å². The normalized spacial score (nSPS) is 12.2. The van der Waals surface area contributed by atoms with Crippen LogP contribution in [0.5, 0.6) is 0 Å². The Morgan fingerprint density at radius 1 is 1.53 bits per heavy atom. The Morgan fingerprint density at radius 2 is 2.24 bits per heavy atom. The van der Waals surface area contributed by atoms with Crippen molar-refractivity contribution in [2.75, 3.05) is 24.8 Å². The molecule has 1 atom stereocenters. The van der Waals surface area contributed by atoms with Gasteiger partial charge in [-0.15, -0.1) is 0 Å². The zero-order valence-electron chi connectivity index (χ0n) is 10.6. The highest BCUT2D eigenvalue weighted by atomic mass is 16.5. The van der Waals surface area contributed by atoms with Crippen molar-refractivity contribution < 1.29 is 9.53 Å². The van der Waals surface area contributed by atoms with E-state index in [1.807, 2.05) is 26.0 Å². The number of hydrogen-bond acceptors (Lipinski definition) is 3. The predicted molar refractivity (Wildman–Crippen MR) is 69.9 cm³/mol. The second-order valence-electron chi connectivity index (χ2n) is 4.35. The number of nitrogens with two attached hydrogens (primary N) is 1. The van der Waals surface area contributed by atoms with E-state index < -0.39 is 0 Å². The molecule has 0 fully saturated rings. The molecule has 0 aliphatic rings. The van der Waals surface area contributed by atoms with Crippen LogP contribution in [0.1, 0.15) is 18.9 Å². The number of hydrogen-bond donors (Lipinski definition) is 2. The van der Waals surface area contributed by atoms with Gasteiger partial charge in [-0.2, -0.15) is 0 Å². The van der Waals surface area contributed by atoms with Crippen LogP contribution in [0.4, 0.5) is 11.4 Å². The molecule has 17 heavy (non-hydrogen) atoms. The summed E-state index contributed by atoms with van der Waals surface area (Å²) < 4.78 is 5.00. The fourth-order valence-electron chi connectivity index (χ4n) is 1.71. The van der Waals surface area contributed by atoms with E-state index in [1.54, 1.807) is 13.2 Å². The second-order valence-corrected chi connectivity index (χ2v) is 4.35. The first kappa shape index (κ1) is 13.5. The highest BCUT2D eigenvalue weighted by molar-refractivity contribution is 5.94. The molecule has 94 valence electrons. The smallest absolute Gasteiger partial charge is 0.224 e. The Labute approximate surface area is 102 Å². The summed E-state index contributed by atoms with van der Waals surface area (Å²) in [7, 11) is 1.63. The topological polar surface area (TPSA) is 64.3 Å². The summed E-state index contributed by atoms with van der Waals surface area (Å²) in [4.78, 5) is 11.8. The summed E-state index contributed by atoms with van der Waals surface area (Å²) in [5.74, 6) is 0.167. The first-order valence-electron chi connectivity index (χ1n) is 5.68. The van der Waals surface area contributed by atoms with Gasteiger partial charge in [-0.05, 0) is 24.5 Å². The lowest BCUT2D eigenvalue weighted by Gasteiger charge is -2.13. The van der Waals surface area contributed by atoms with Gasteiger partial charge in [-0.1, -0.05) is 19.1 Å². The predicted octanol–water partition coefficient (Wildman–Crippen LogP) is 2.19. The van der Waals surface area contributed by atoms with E-state index in [2.05, 4.69) is 5.32 Å². The fraction of sp³-hybridized carbons (Fsp3) is 0.462. The molecule has 1 aromatic rings. The number of aryl methyl sites for hydroxylation is 1. The molecule has 0 heterocycles. The van der Waals surface area contributed by atoms with Gasteiger partial charge < -0.3 is 15.8 Å². The van der Waals surface area contributed by atoms with Crippen LogP contribution in [0.15, 0.2) is 18.2 Å². The molecule has 4 nitrogen and oxygen atoms in total. The van der Waals surface area contributed by atoms with Crippen LogP contribution in [0.2, 0.25) is 0 Å².